The summed E-state index contributed by atoms with van der Waals surface area (Å²) in [6, 6.07) is 11.2. The van der Waals surface area contributed by atoms with Gasteiger partial charge < -0.3 is 9.47 Å². The lowest BCUT2D eigenvalue weighted by atomic mass is 9.89. The van der Waals surface area contributed by atoms with Crippen molar-refractivity contribution in [2.45, 2.75) is 91.4 Å². The predicted octanol–water partition coefficient (Wildman–Crippen LogP) is 9.53. The molecule has 0 radical (unpaired) electrons. The van der Waals surface area contributed by atoms with E-state index in [1.165, 1.54) is 63.1 Å². The number of ketones is 2. The molecule has 0 aromatic heterocycles. The third-order valence-corrected chi connectivity index (χ3v) is 13.1. The van der Waals surface area contributed by atoms with E-state index in [1.54, 1.807) is 12.2 Å². The van der Waals surface area contributed by atoms with E-state index in [0.717, 1.165) is 32.1 Å². The van der Waals surface area contributed by atoms with Crippen LogP contribution in [0.15, 0.2) is 100 Å². The van der Waals surface area contributed by atoms with Gasteiger partial charge in [0, 0.05) is 11.1 Å². The van der Waals surface area contributed by atoms with Crippen LogP contribution in [0.5, 0.6) is 0 Å². The molecule has 1 atom stereocenters. The Morgan fingerprint density at radius 2 is 1.45 bits per heavy atom. The normalized spacial score (nSPS) is 17.6. The van der Waals surface area contributed by atoms with E-state index >= 15 is 0 Å². The van der Waals surface area contributed by atoms with Crippen LogP contribution in [-0.2, 0) is 19.1 Å². The Morgan fingerprint density at radius 3 is 2.02 bits per heavy atom. The third kappa shape index (κ3) is 7.90. The zero-order chi connectivity index (χ0) is 30.4. The molecule has 42 heavy (non-hydrogen) atoms. The first kappa shape index (κ1) is 33.5. The summed E-state index contributed by atoms with van der Waals surface area (Å²) in [4.78, 5) is 25.4. The van der Waals surface area contributed by atoms with Crippen LogP contribution in [0.25, 0.3) is 0 Å². The van der Waals surface area contributed by atoms with Gasteiger partial charge in [-0.05, 0) is 95.7 Å². The van der Waals surface area contributed by atoms with Crippen LogP contribution in [0.4, 0.5) is 0 Å². The lowest BCUT2D eigenvalue weighted by Crippen LogP contribution is -2.25. The van der Waals surface area contributed by atoms with E-state index in [0.29, 0.717) is 17.6 Å². The Labute approximate surface area is 254 Å². The molecule has 0 saturated carbocycles. The van der Waals surface area contributed by atoms with Crippen molar-refractivity contribution in [1.29, 1.82) is 0 Å². The number of hydrogen-bond acceptors (Lipinski definition) is 4. The SMILES string of the molecule is C/C=C\C(=C/C)[P+](CCCCCCCCCCC1=C(C)C(=O)C(OC)=C(OC)C1=O)(C1=CCCC=C1)c1ccccc1. The maximum absolute atomic E-state index is 12.8. The van der Waals surface area contributed by atoms with Crippen LogP contribution in [0.3, 0.4) is 0 Å². The van der Waals surface area contributed by atoms with Gasteiger partial charge in [-0.2, -0.15) is 0 Å². The van der Waals surface area contributed by atoms with Crippen molar-refractivity contribution in [3.63, 3.8) is 0 Å². The Hall–Kier alpha value is -2.97. The van der Waals surface area contributed by atoms with Crippen LogP contribution < -0.4 is 5.30 Å². The van der Waals surface area contributed by atoms with E-state index < -0.39 is 7.26 Å². The highest BCUT2D eigenvalue weighted by molar-refractivity contribution is 7.90. The van der Waals surface area contributed by atoms with Crippen LogP contribution in [0, 0.1) is 0 Å². The zero-order valence-electron chi connectivity index (χ0n) is 26.4. The number of allylic oxidation sites excluding steroid dienone is 10. The van der Waals surface area contributed by atoms with Crippen LogP contribution in [0.2, 0.25) is 0 Å². The van der Waals surface area contributed by atoms with Crippen molar-refractivity contribution in [2.75, 3.05) is 20.4 Å². The Morgan fingerprint density at radius 1 is 0.833 bits per heavy atom. The average Bonchev–Trinajstić information content (AvgIpc) is 3.03. The molecular formula is C37H50O4P+. The van der Waals surface area contributed by atoms with Crippen molar-refractivity contribution in [1.82, 2.24) is 0 Å². The second-order valence-electron chi connectivity index (χ2n) is 11.1. The molecule has 1 aromatic rings. The highest BCUT2D eigenvalue weighted by atomic mass is 31.2. The van der Waals surface area contributed by atoms with Crippen LogP contribution in [0.1, 0.15) is 91.4 Å². The predicted molar refractivity (Wildman–Crippen MR) is 178 cm³/mol. The molecule has 1 unspecified atom stereocenters. The first-order valence-electron chi connectivity index (χ1n) is 15.7. The summed E-state index contributed by atoms with van der Waals surface area (Å²) in [5.41, 5.74) is 1.06. The van der Waals surface area contributed by atoms with E-state index in [4.69, 9.17) is 9.47 Å². The molecule has 0 fully saturated rings. The molecular weight excluding hydrogens is 539 g/mol. The molecule has 0 spiro atoms. The number of hydrogen-bond donors (Lipinski definition) is 0. The van der Waals surface area contributed by atoms with Gasteiger partial charge in [-0.3, -0.25) is 9.59 Å². The number of unbranched alkanes of at least 4 members (excludes halogenated alkanes) is 7. The minimum atomic E-state index is -1.69. The van der Waals surface area contributed by atoms with Gasteiger partial charge in [0.25, 0.3) is 0 Å². The molecule has 4 nitrogen and oxygen atoms in total. The van der Waals surface area contributed by atoms with Crippen molar-refractivity contribution < 1.29 is 19.1 Å². The molecule has 3 rings (SSSR count). The van der Waals surface area contributed by atoms with Crippen molar-refractivity contribution in [3.05, 3.63) is 100 Å². The van der Waals surface area contributed by atoms with Crippen molar-refractivity contribution >= 4 is 24.1 Å². The highest BCUT2D eigenvalue weighted by Crippen LogP contribution is 2.72. The second kappa shape index (κ2) is 17.2. The summed E-state index contributed by atoms with van der Waals surface area (Å²) in [6.07, 6.45) is 27.5. The summed E-state index contributed by atoms with van der Waals surface area (Å²) in [5.74, 6) is -0.408. The van der Waals surface area contributed by atoms with Crippen LogP contribution >= 0.6 is 7.26 Å². The standard InChI is InChI=1S/C37H50O4P/c1-6-22-30(7-2)42(31-23-16-14-17-24-31,32-25-18-15-19-26-32)28-21-13-11-9-8-10-12-20-27-33-29(3)34(38)36(40-4)37(41-5)35(33)39/h6-7,14,16-18,22-26H,8-13,15,19-21,27-28H2,1-5H3/q+1/b22-6-,30-7+. The fourth-order valence-electron chi connectivity index (χ4n) is 6.22. The minimum absolute atomic E-state index is 0.0163. The van der Waals surface area contributed by atoms with Gasteiger partial charge in [-0.1, -0.05) is 62.5 Å². The molecule has 0 saturated heterocycles. The molecule has 0 amide bonds. The lowest BCUT2D eigenvalue weighted by Gasteiger charge is -2.30. The zero-order valence-corrected chi connectivity index (χ0v) is 27.3. The Bertz CT molecular complexity index is 1260. The number of methoxy groups -OCH3 is 2. The maximum Gasteiger partial charge on any atom is 0.228 e. The number of carbonyl (C=O) groups is 2. The minimum Gasteiger partial charge on any atom is -0.489 e. The second-order valence-corrected chi connectivity index (χ2v) is 14.7. The van der Waals surface area contributed by atoms with Gasteiger partial charge in [0.05, 0.1) is 25.7 Å². The third-order valence-electron chi connectivity index (χ3n) is 8.45. The fraction of sp³-hybridized carbons (Fsp3) is 0.459. The first-order chi connectivity index (χ1) is 20.5. The number of benzene rings is 1. The number of ether oxygens (including phenoxy) is 2. The van der Waals surface area contributed by atoms with E-state index in [1.807, 2.05) is 0 Å². The van der Waals surface area contributed by atoms with E-state index in [-0.39, 0.29) is 23.1 Å². The molecule has 1 aromatic carbocycles. The van der Waals surface area contributed by atoms with E-state index in [2.05, 4.69) is 80.6 Å². The van der Waals surface area contributed by atoms with Crippen molar-refractivity contribution in [3.8, 4) is 0 Å². The fourth-order valence-corrected chi connectivity index (χ4v) is 10.9. The lowest BCUT2D eigenvalue weighted by molar-refractivity contribution is -0.121. The monoisotopic (exact) mass is 589 g/mol. The number of rotatable bonds is 17. The molecule has 0 heterocycles. The maximum atomic E-state index is 12.8. The van der Waals surface area contributed by atoms with E-state index in [9.17, 15) is 9.59 Å². The molecule has 2 aliphatic rings. The Kier molecular flexibility index (Phi) is 13.7. The van der Waals surface area contributed by atoms with Gasteiger partial charge >= 0.3 is 0 Å². The summed E-state index contributed by atoms with van der Waals surface area (Å²) in [7, 11) is 1.12. The van der Waals surface area contributed by atoms with Gasteiger partial charge in [0.15, 0.2) is 0 Å². The average molecular weight is 590 g/mol. The smallest absolute Gasteiger partial charge is 0.228 e. The van der Waals surface area contributed by atoms with Gasteiger partial charge in [0.1, 0.15) is 17.9 Å². The van der Waals surface area contributed by atoms with Crippen LogP contribution in [-0.4, -0.2) is 31.9 Å². The molecule has 0 bridgehead atoms. The van der Waals surface area contributed by atoms with Gasteiger partial charge in [-0.25, -0.2) is 0 Å². The summed E-state index contributed by atoms with van der Waals surface area (Å²) < 4.78 is 10.3. The van der Waals surface area contributed by atoms with Crippen molar-refractivity contribution in [2.24, 2.45) is 0 Å². The van der Waals surface area contributed by atoms with Gasteiger partial charge in [-0.15, -0.1) is 0 Å². The molecule has 2 aliphatic carbocycles. The quantitative estimate of drug-likeness (QED) is 0.0786. The summed E-state index contributed by atoms with van der Waals surface area (Å²) in [6.45, 7) is 6.04. The summed E-state index contributed by atoms with van der Waals surface area (Å²) in [5, 5.41) is 4.52. The first-order valence-corrected chi connectivity index (χ1v) is 17.7. The molecule has 226 valence electrons. The molecule has 0 aliphatic heterocycles. The number of carbonyl (C=O) groups excluding carboxylic acids is 2. The topological polar surface area (TPSA) is 52.6 Å². The molecule has 0 N–H and O–H groups in total. The number of Topliss-reactive ketones (excluding diaryl/α,β-unsaturated/α-hetero) is 2. The summed E-state index contributed by atoms with van der Waals surface area (Å²) >= 11 is 0. The highest BCUT2D eigenvalue weighted by Gasteiger charge is 2.46. The Balaban J connectivity index is 1.50. The largest absolute Gasteiger partial charge is 0.489 e. The molecule has 5 heteroatoms. The van der Waals surface area contributed by atoms with Gasteiger partial charge in [0.2, 0.25) is 23.1 Å².